The van der Waals surface area contributed by atoms with E-state index in [1.54, 1.807) is 12.1 Å². The van der Waals surface area contributed by atoms with Crippen molar-refractivity contribution in [2.75, 3.05) is 13.2 Å². The molecule has 7 heteroatoms. The van der Waals surface area contributed by atoms with Crippen molar-refractivity contribution in [1.82, 2.24) is 10.2 Å². The first-order chi connectivity index (χ1) is 10.6. The fraction of sp³-hybridized carbons (Fsp3) is 0.333. The topological polar surface area (TPSA) is 92.8 Å². The summed E-state index contributed by atoms with van der Waals surface area (Å²) in [6.07, 6.45) is 1.88. The number of carbonyl (C=O) groups excluding carboxylic acids is 4. The summed E-state index contributed by atoms with van der Waals surface area (Å²) in [6, 6.07) is 6.54. The van der Waals surface area contributed by atoms with Crippen LogP contribution in [0.25, 0.3) is 0 Å². The molecule has 1 heterocycles. The summed E-state index contributed by atoms with van der Waals surface area (Å²) in [5.41, 5.74) is 0.540. The van der Waals surface area contributed by atoms with Gasteiger partial charge < -0.3 is 10.1 Å². The van der Waals surface area contributed by atoms with Gasteiger partial charge in [-0.15, -0.1) is 0 Å². The van der Waals surface area contributed by atoms with E-state index in [2.05, 4.69) is 5.32 Å². The molecule has 0 atom stereocenters. The quantitative estimate of drug-likeness (QED) is 0.615. The Morgan fingerprint density at radius 1 is 1.14 bits per heavy atom. The van der Waals surface area contributed by atoms with Gasteiger partial charge in [-0.3, -0.25) is 24.1 Å². The van der Waals surface area contributed by atoms with Gasteiger partial charge >= 0.3 is 5.97 Å². The number of imide groups is 1. The standard InChI is InChI=1S/C15H14N2O5/c18-12(16-9-5-6-9)8-22-13(19)7-17-14(20)10-3-1-2-4-11(10)15(17)21/h1-4,9H,5-8H2,(H,16,18). The Balaban J connectivity index is 1.55. The van der Waals surface area contributed by atoms with Gasteiger partial charge in [0.25, 0.3) is 17.7 Å². The molecule has 22 heavy (non-hydrogen) atoms. The normalized spacial score (nSPS) is 16.5. The molecule has 0 unspecified atom stereocenters. The Morgan fingerprint density at radius 2 is 1.73 bits per heavy atom. The van der Waals surface area contributed by atoms with Crippen molar-refractivity contribution < 1.29 is 23.9 Å². The van der Waals surface area contributed by atoms with E-state index in [1.807, 2.05) is 0 Å². The fourth-order valence-corrected chi connectivity index (χ4v) is 2.20. The molecule has 0 aromatic heterocycles. The third-order valence-corrected chi connectivity index (χ3v) is 3.47. The average molecular weight is 302 g/mol. The lowest BCUT2D eigenvalue weighted by Gasteiger charge is -2.12. The molecule has 0 saturated heterocycles. The van der Waals surface area contributed by atoms with Gasteiger partial charge in [0.05, 0.1) is 11.1 Å². The lowest BCUT2D eigenvalue weighted by atomic mass is 10.1. The number of esters is 1. The minimum atomic E-state index is -0.791. The van der Waals surface area contributed by atoms with Crippen molar-refractivity contribution in [3.63, 3.8) is 0 Å². The van der Waals surface area contributed by atoms with Crippen LogP contribution >= 0.6 is 0 Å². The van der Waals surface area contributed by atoms with Crippen LogP contribution in [0, 0.1) is 0 Å². The molecular weight excluding hydrogens is 288 g/mol. The van der Waals surface area contributed by atoms with E-state index in [0.29, 0.717) is 0 Å². The summed E-state index contributed by atoms with van der Waals surface area (Å²) in [6.45, 7) is -0.901. The molecule has 0 spiro atoms. The van der Waals surface area contributed by atoms with E-state index in [9.17, 15) is 19.2 Å². The highest BCUT2D eigenvalue weighted by Gasteiger charge is 2.36. The molecule has 1 aliphatic carbocycles. The summed E-state index contributed by atoms with van der Waals surface area (Å²) in [5, 5.41) is 2.67. The number of fused-ring (bicyclic) bond motifs is 1. The molecule has 0 radical (unpaired) electrons. The number of hydrogen-bond acceptors (Lipinski definition) is 5. The summed E-state index contributed by atoms with van der Waals surface area (Å²) in [4.78, 5) is 48.0. The van der Waals surface area contributed by atoms with Crippen molar-refractivity contribution in [3.05, 3.63) is 35.4 Å². The van der Waals surface area contributed by atoms with Gasteiger partial charge in [-0.05, 0) is 25.0 Å². The summed E-state index contributed by atoms with van der Waals surface area (Å²) >= 11 is 0. The molecule has 1 aromatic carbocycles. The molecule has 1 N–H and O–H groups in total. The van der Waals surface area contributed by atoms with Gasteiger partial charge in [-0.1, -0.05) is 12.1 Å². The van der Waals surface area contributed by atoms with E-state index in [4.69, 9.17) is 4.74 Å². The lowest BCUT2D eigenvalue weighted by molar-refractivity contribution is -0.148. The SMILES string of the molecule is O=C(COC(=O)CN1C(=O)c2ccccc2C1=O)NC1CC1. The van der Waals surface area contributed by atoms with Gasteiger partial charge in [0, 0.05) is 6.04 Å². The van der Waals surface area contributed by atoms with Crippen LogP contribution in [0.4, 0.5) is 0 Å². The molecule has 1 aromatic rings. The van der Waals surface area contributed by atoms with Crippen LogP contribution in [0.3, 0.4) is 0 Å². The zero-order valence-electron chi connectivity index (χ0n) is 11.7. The Hall–Kier alpha value is -2.70. The lowest BCUT2D eigenvalue weighted by Crippen LogP contribution is -2.37. The zero-order valence-corrected chi connectivity index (χ0v) is 11.7. The molecule has 0 bridgehead atoms. The first-order valence-corrected chi connectivity index (χ1v) is 6.96. The second kappa shape index (κ2) is 5.59. The first-order valence-electron chi connectivity index (χ1n) is 6.96. The van der Waals surface area contributed by atoms with Gasteiger partial charge in [-0.25, -0.2) is 0 Å². The maximum Gasteiger partial charge on any atom is 0.326 e. The molecule has 1 fully saturated rings. The van der Waals surface area contributed by atoms with Crippen molar-refractivity contribution in [1.29, 1.82) is 0 Å². The van der Waals surface area contributed by atoms with Gasteiger partial charge in [0.2, 0.25) is 0 Å². The molecule has 2 aliphatic rings. The predicted molar refractivity (Wildman–Crippen MR) is 73.9 cm³/mol. The predicted octanol–water partition coefficient (Wildman–Crippen LogP) is 0.104. The van der Waals surface area contributed by atoms with Gasteiger partial charge in [0.15, 0.2) is 6.61 Å². The van der Waals surface area contributed by atoms with Crippen LogP contribution in [-0.4, -0.2) is 47.8 Å². The van der Waals surface area contributed by atoms with Crippen LogP contribution in [0.15, 0.2) is 24.3 Å². The maximum atomic E-state index is 12.1. The average Bonchev–Trinajstić information content (AvgIpc) is 3.29. The molecule has 3 amide bonds. The number of nitrogens with one attached hydrogen (secondary N) is 1. The third-order valence-electron chi connectivity index (χ3n) is 3.47. The van der Waals surface area contributed by atoms with E-state index in [0.717, 1.165) is 17.7 Å². The molecular formula is C15H14N2O5. The number of benzene rings is 1. The molecule has 1 saturated carbocycles. The van der Waals surface area contributed by atoms with Crippen molar-refractivity contribution in [2.24, 2.45) is 0 Å². The number of carbonyl (C=O) groups is 4. The molecule has 1 aliphatic heterocycles. The Bertz CT molecular complexity index is 631. The van der Waals surface area contributed by atoms with Gasteiger partial charge in [0.1, 0.15) is 6.54 Å². The Labute approximate surface area is 126 Å². The highest BCUT2D eigenvalue weighted by molar-refractivity contribution is 6.22. The number of hydrogen-bond donors (Lipinski definition) is 1. The van der Waals surface area contributed by atoms with Crippen molar-refractivity contribution in [3.8, 4) is 0 Å². The van der Waals surface area contributed by atoms with Crippen LogP contribution in [0.2, 0.25) is 0 Å². The highest BCUT2D eigenvalue weighted by Crippen LogP contribution is 2.22. The van der Waals surface area contributed by atoms with E-state index in [-0.39, 0.29) is 23.1 Å². The molecule has 7 nitrogen and oxygen atoms in total. The monoisotopic (exact) mass is 302 g/mol. The van der Waals surface area contributed by atoms with Crippen LogP contribution in [-0.2, 0) is 14.3 Å². The maximum absolute atomic E-state index is 12.1. The van der Waals surface area contributed by atoms with Crippen LogP contribution in [0.1, 0.15) is 33.6 Å². The van der Waals surface area contributed by atoms with E-state index < -0.39 is 30.9 Å². The minimum absolute atomic E-state index is 0.183. The Morgan fingerprint density at radius 3 is 2.27 bits per heavy atom. The third kappa shape index (κ3) is 2.83. The Kier molecular flexibility index (Phi) is 3.62. The van der Waals surface area contributed by atoms with Crippen molar-refractivity contribution >= 4 is 23.7 Å². The summed E-state index contributed by atoms with van der Waals surface area (Å²) in [5.74, 6) is -2.22. The summed E-state index contributed by atoms with van der Waals surface area (Å²) < 4.78 is 4.79. The van der Waals surface area contributed by atoms with E-state index in [1.165, 1.54) is 12.1 Å². The van der Waals surface area contributed by atoms with Gasteiger partial charge in [-0.2, -0.15) is 0 Å². The van der Waals surface area contributed by atoms with Crippen molar-refractivity contribution in [2.45, 2.75) is 18.9 Å². The fourth-order valence-electron chi connectivity index (χ4n) is 2.20. The van der Waals surface area contributed by atoms with Crippen LogP contribution in [0.5, 0.6) is 0 Å². The summed E-state index contributed by atoms with van der Waals surface area (Å²) in [7, 11) is 0. The number of nitrogens with zero attached hydrogens (tertiary/aromatic N) is 1. The second-order valence-corrected chi connectivity index (χ2v) is 5.24. The highest BCUT2D eigenvalue weighted by atomic mass is 16.5. The minimum Gasteiger partial charge on any atom is -0.454 e. The molecule has 3 rings (SSSR count). The molecule has 114 valence electrons. The largest absolute Gasteiger partial charge is 0.454 e. The second-order valence-electron chi connectivity index (χ2n) is 5.24. The number of amides is 3. The first kappa shape index (κ1) is 14.2. The van der Waals surface area contributed by atoms with Crippen LogP contribution < -0.4 is 5.32 Å². The number of rotatable bonds is 5. The number of ether oxygens (including phenoxy) is 1. The van der Waals surface area contributed by atoms with E-state index >= 15 is 0 Å². The smallest absolute Gasteiger partial charge is 0.326 e. The zero-order chi connectivity index (χ0) is 15.7.